The minimum absolute atomic E-state index is 0.452. The van der Waals surface area contributed by atoms with Gasteiger partial charge < -0.3 is 14.9 Å². The van der Waals surface area contributed by atoms with Crippen LogP contribution in [0.4, 0.5) is 0 Å². The molecule has 1 saturated carbocycles. The van der Waals surface area contributed by atoms with Crippen molar-refractivity contribution in [3.05, 3.63) is 52.2 Å². The van der Waals surface area contributed by atoms with Crippen molar-refractivity contribution in [3.8, 4) is 0 Å². The maximum Gasteiger partial charge on any atom is 0.251 e. The summed E-state index contributed by atoms with van der Waals surface area (Å²) in [5, 5.41) is 0.651. The van der Waals surface area contributed by atoms with E-state index in [0.29, 0.717) is 10.9 Å². The van der Waals surface area contributed by atoms with Crippen LogP contribution in [-0.4, -0.2) is 28.9 Å². The highest BCUT2D eigenvalue weighted by molar-refractivity contribution is 6.30. The average Bonchev–Trinajstić information content (AvgIpc) is 3.33. The summed E-state index contributed by atoms with van der Waals surface area (Å²) in [6.07, 6.45) is 5.10. The Labute approximate surface area is 162 Å². The smallest absolute Gasteiger partial charge is 0.251 e. The zero-order valence-corrected chi connectivity index (χ0v) is 15.7. The molecule has 0 radical (unpaired) electrons. The quantitative estimate of drug-likeness (QED) is 0.870. The van der Waals surface area contributed by atoms with Crippen LogP contribution < -0.4 is 5.73 Å². The third-order valence-corrected chi connectivity index (χ3v) is 6.17. The zero-order chi connectivity index (χ0) is 18.6. The molecule has 5 rings (SSSR count). The maximum atomic E-state index is 11.9. The van der Waals surface area contributed by atoms with Crippen molar-refractivity contribution in [2.24, 2.45) is 5.73 Å². The standard InChI is InChI=1S/C20H22ClN3O3/c21-13-3-4-15-16(9-13)20(27-17(15)18(22)25)5-7-24(8-6-20)11-14-10-23-19(26-14)12-1-2-12/h3-4,9-10,12,17H,1-2,5-8,11H2,(H2,22,25). The molecule has 2 aliphatic heterocycles. The van der Waals surface area contributed by atoms with Gasteiger partial charge in [-0.1, -0.05) is 17.7 Å². The molecule has 1 aromatic carbocycles. The minimum Gasteiger partial charge on any atom is -0.444 e. The molecule has 1 atom stereocenters. The molecule has 2 fully saturated rings. The number of primary amides is 1. The molecule has 7 heteroatoms. The molecule has 27 heavy (non-hydrogen) atoms. The van der Waals surface area contributed by atoms with Crippen molar-refractivity contribution in [1.82, 2.24) is 9.88 Å². The number of aromatic nitrogens is 1. The van der Waals surface area contributed by atoms with Crippen molar-refractivity contribution in [2.75, 3.05) is 13.1 Å². The zero-order valence-electron chi connectivity index (χ0n) is 15.0. The summed E-state index contributed by atoms with van der Waals surface area (Å²) in [5.74, 6) is 1.87. The molecule has 1 spiro atoms. The Morgan fingerprint density at radius 2 is 2.11 bits per heavy atom. The Morgan fingerprint density at radius 1 is 1.33 bits per heavy atom. The van der Waals surface area contributed by atoms with Gasteiger partial charge in [0.25, 0.3) is 5.91 Å². The van der Waals surface area contributed by atoms with Crippen molar-refractivity contribution in [3.63, 3.8) is 0 Å². The van der Waals surface area contributed by atoms with Gasteiger partial charge in [0, 0.05) is 24.0 Å². The number of benzene rings is 1. The number of fused-ring (bicyclic) bond motifs is 2. The van der Waals surface area contributed by atoms with Gasteiger partial charge in [0.1, 0.15) is 5.76 Å². The predicted molar refractivity (Wildman–Crippen MR) is 99.1 cm³/mol. The summed E-state index contributed by atoms with van der Waals surface area (Å²) >= 11 is 6.22. The first kappa shape index (κ1) is 17.2. The van der Waals surface area contributed by atoms with Crippen LogP contribution in [0, 0.1) is 0 Å². The summed E-state index contributed by atoms with van der Waals surface area (Å²) in [6.45, 7) is 2.44. The average molecular weight is 388 g/mol. The van der Waals surface area contributed by atoms with Gasteiger partial charge in [-0.3, -0.25) is 9.69 Å². The van der Waals surface area contributed by atoms with Crippen molar-refractivity contribution in [1.29, 1.82) is 0 Å². The third-order valence-electron chi connectivity index (χ3n) is 5.93. The first-order valence-corrected chi connectivity index (χ1v) is 9.86. The lowest BCUT2D eigenvalue weighted by molar-refractivity contribution is -0.148. The van der Waals surface area contributed by atoms with E-state index in [9.17, 15) is 4.79 Å². The van der Waals surface area contributed by atoms with Crippen LogP contribution in [0.25, 0.3) is 0 Å². The molecular weight excluding hydrogens is 366 g/mol. The number of likely N-dealkylation sites (tertiary alicyclic amines) is 1. The number of hydrogen-bond acceptors (Lipinski definition) is 5. The first-order valence-electron chi connectivity index (χ1n) is 9.48. The van der Waals surface area contributed by atoms with Gasteiger partial charge in [-0.15, -0.1) is 0 Å². The Balaban J connectivity index is 1.31. The second-order valence-electron chi connectivity index (χ2n) is 7.84. The highest BCUT2D eigenvalue weighted by Gasteiger charge is 2.48. The monoisotopic (exact) mass is 387 g/mol. The first-order chi connectivity index (χ1) is 13.0. The van der Waals surface area contributed by atoms with Crippen molar-refractivity contribution < 1.29 is 13.9 Å². The fourth-order valence-electron chi connectivity index (χ4n) is 4.31. The molecule has 3 heterocycles. The third kappa shape index (κ3) is 3.06. The molecule has 1 unspecified atom stereocenters. The van der Waals surface area contributed by atoms with E-state index in [1.165, 1.54) is 12.8 Å². The molecular formula is C20H22ClN3O3. The number of nitrogens with zero attached hydrogens (tertiary/aromatic N) is 2. The summed E-state index contributed by atoms with van der Waals surface area (Å²) < 4.78 is 12.1. The van der Waals surface area contributed by atoms with Gasteiger partial charge in [-0.25, -0.2) is 4.98 Å². The lowest BCUT2D eigenvalue weighted by Gasteiger charge is -2.39. The number of nitrogens with two attached hydrogens (primary N) is 1. The van der Waals surface area contributed by atoms with Gasteiger partial charge in [0.05, 0.1) is 18.3 Å². The summed E-state index contributed by atoms with van der Waals surface area (Å²) in [7, 11) is 0. The number of piperidine rings is 1. The molecule has 142 valence electrons. The van der Waals surface area contributed by atoms with Crippen LogP contribution in [0.2, 0.25) is 5.02 Å². The number of halogens is 1. The Kier molecular flexibility index (Phi) is 4.04. The number of oxazole rings is 1. The van der Waals surface area contributed by atoms with Crippen LogP contribution in [0.1, 0.15) is 60.5 Å². The van der Waals surface area contributed by atoms with Gasteiger partial charge in [-0.05, 0) is 48.9 Å². The topological polar surface area (TPSA) is 81.6 Å². The molecule has 1 aromatic heterocycles. The highest BCUT2D eigenvalue weighted by Crippen LogP contribution is 2.50. The summed E-state index contributed by atoms with van der Waals surface area (Å²) in [6, 6.07) is 5.57. The Hall–Kier alpha value is -1.89. The Bertz CT molecular complexity index is 884. The van der Waals surface area contributed by atoms with E-state index in [4.69, 9.17) is 26.5 Å². The second kappa shape index (κ2) is 6.33. The van der Waals surface area contributed by atoms with Crippen LogP contribution in [-0.2, 0) is 21.7 Å². The summed E-state index contributed by atoms with van der Waals surface area (Å²) in [4.78, 5) is 18.6. The maximum absolute atomic E-state index is 11.9. The van der Waals surface area contributed by atoms with Crippen LogP contribution >= 0.6 is 11.6 Å². The SMILES string of the molecule is NC(=O)C1OC2(CCN(Cc3cnc(C4CC4)o3)CC2)c2cc(Cl)ccc21. The van der Waals surface area contributed by atoms with Crippen LogP contribution in [0.5, 0.6) is 0 Å². The fraction of sp³-hybridized carbons (Fsp3) is 0.500. The number of hydrogen-bond donors (Lipinski definition) is 1. The molecule has 3 aliphatic rings. The van der Waals surface area contributed by atoms with E-state index < -0.39 is 17.6 Å². The lowest BCUT2D eigenvalue weighted by atomic mass is 9.83. The molecule has 2 aromatic rings. The van der Waals surface area contributed by atoms with E-state index in [2.05, 4.69) is 9.88 Å². The van der Waals surface area contributed by atoms with Gasteiger partial charge in [0.15, 0.2) is 12.0 Å². The summed E-state index contributed by atoms with van der Waals surface area (Å²) in [5.41, 5.74) is 6.95. The Morgan fingerprint density at radius 3 is 2.81 bits per heavy atom. The van der Waals surface area contributed by atoms with Crippen LogP contribution in [0.3, 0.4) is 0 Å². The molecule has 1 saturated heterocycles. The second-order valence-corrected chi connectivity index (χ2v) is 8.28. The van der Waals surface area contributed by atoms with E-state index in [1.807, 2.05) is 18.3 Å². The van der Waals surface area contributed by atoms with Crippen molar-refractivity contribution in [2.45, 2.75) is 49.9 Å². The van der Waals surface area contributed by atoms with E-state index in [0.717, 1.165) is 55.3 Å². The van der Waals surface area contributed by atoms with Gasteiger partial charge in [-0.2, -0.15) is 0 Å². The van der Waals surface area contributed by atoms with Gasteiger partial charge >= 0.3 is 0 Å². The van der Waals surface area contributed by atoms with Crippen molar-refractivity contribution >= 4 is 17.5 Å². The fourth-order valence-corrected chi connectivity index (χ4v) is 4.48. The molecule has 0 bridgehead atoms. The number of ether oxygens (including phenoxy) is 1. The lowest BCUT2D eigenvalue weighted by Crippen LogP contribution is -2.42. The molecule has 1 aliphatic carbocycles. The molecule has 1 amide bonds. The predicted octanol–water partition coefficient (Wildman–Crippen LogP) is 3.25. The van der Waals surface area contributed by atoms with Gasteiger partial charge in [0.2, 0.25) is 0 Å². The van der Waals surface area contributed by atoms with Crippen LogP contribution in [0.15, 0.2) is 28.8 Å². The molecule has 2 N–H and O–H groups in total. The number of rotatable bonds is 4. The number of carbonyl (C=O) groups excluding carboxylic acids is 1. The normalized spacial score (nSPS) is 24.3. The van der Waals surface area contributed by atoms with E-state index in [-0.39, 0.29) is 0 Å². The van der Waals surface area contributed by atoms with E-state index >= 15 is 0 Å². The number of carbonyl (C=O) groups is 1. The largest absolute Gasteiger partial charge is 0.444 e. The van der Waals surface area contributed by atoms with E-state index in [1.54, 1.807) is 6.07 Å². The molecule has 6 nitrogen and oxygen atoms in total. The highest BCUT2D eigenvalue weighted by atomic mass is 35.5. The number of amides is 1. The minimum atomic E-state index is -0.695.